The number of para-hydroxylation sites is 1. The Hall–Kier alpha value is -3.69. The van der Waals surface area contributed by atoms with Gasteiger partial charge in [-0.3, -0.25) is 4.79 Å². The fourth-order valence-electron chi connectivity index (χ4n) is 3.99. The van der Waals surface area contributed by atoms with Crippen molar-refractivity contribution in [1.29, 1.82) is 0 Å². The molecule has 178 valence electrons. The van der Waals surface area contributed by atoms with Gasteiger partial charge in [-0.15, -0.1) is 0 Å². The number of benzene rings is 3. The minimum absolute atomic E-state index is 0.0402. The van der Waals surface area contributed by atoms with E-state index in [0.29, 0.717) is 28.2 Å². The number of fused-ring (bicyclic) bond motifs is 2. The maximum absolute atomic E-state index is 13.2. The summed E-state index contributed by atoms with van der Waals surface area (Å²) in [6, 6.07) is 21.9. The summed E-state index contributed by atoms with van der Waals surface area (Å²) in [5.41, 5.74) is 2.17. The van der Waals surface area contributed by atoms with E-state index >= 15 is 0 Å². The molecule has 2 heterocycles. The number of hydrogen-bond donors (Lipinski definition) is 1. The molecular weight excluding hydrogens is 482 g/mol. The molecule has 5 rings (SSSR count). The molecule has 0 radical (unpaired) electrons. The molecule has 1 N–H and O–H groups in total. The topological polar surface area (TPSA) is 90.3 Å². The fraction of sp³-hybridized carbons (Fsp3) is 0.154. The maximum atomic E-state index is 13.2. The zero-order valence-corrected chi connectivity index (χ0v) is 20.6. The second kappa shape index (κ2) is 9.52. The fourth-order valence-corrected chi connectivity index (χ4v) is 6.48. The van der Waals surface area contributed by atoms with E-state index in [9.17, 15) is 13.2 Å². The number of rotatable bonds is 8. The highest BCUT2D eigenvalue weighted by Gasteiger charge is 2.22. The number of hydrogen-bond acceptors (Lipinski definition) is 6. The monoisotopic (exact) mass is 505 g/mol. The number of aromatic nitrogens is 2. The second-order valence-electron chi connectivity index (χ2n) is 8.01. The summed E-state index contributed by atoms with van der Waals surface area (Å²) < 4.78 is 34.6. The lowest BCUT2D eigenvalue weighted by atomic mass is 10.2. The molecule has 0 saturated heterocycles. The molecule has 3 aromatic carbocycles. The van der Waals surface area contributed by atoms with E-state index in [4.69, 9.17) is 4.74 Å². The molecule has 9 heteroatoms. The predicted octanol–water partition coefficient (Wildman–Crippen LogP) is 5.26. The van der Waals surface area contributed by atoms with Gasteiger partial charge >= 0.3 is 0 Å². The molecule has 0 aliphatic carbocycles. The minimum Gasteiger partial charge on any atom is -0.494 e. The van der Waals surface area contributed by atoms with Crippen LogP contribution in [-0.4, -0.2) is 30.5 Å². The highest BCUT2D eigenvalue weighted by molar-refractivity contribution is 7.90. The molecule has 0 atom stereocenters. The molecule has 0 fully saturated rings. The average Bonchev–Trinajstić information content (AvgIpc) is 3.41. The Bertz CT molecular complexity index is 1620. The first-order valence-electron chi connectivity index (χ1n) is 11.1. The molecule has 7 nitrogen and oxygen atoms in total. The van der Waals surface area contributed by atoms with Crippen molar-refractivity contribution in [3.8, 4) is 5.75 Å². The molecule has 0 saturated carbocycles. The molecule has 2 aromatic heterocycles. The van der Waals surface area contributed by atoms with Crippen molar-refractivity contribution >= 4 is 53.3 Å². The van der Waals surface area contributed by atoms with E-state index in [-0.39, 0.29) is 23.1 Å². The number of ether oxygens (including phenoxy) is 1. The van der Waals surface area contributed by atoms with Crippen molar-refractivity contribution in [3.63, 3.8) is 0 Å². The Morgan fingerprint density at radius 1 is 1.06 bits per heavy atom. The van der Waals surface area contributed by atoms with Gasteiger partial charge in [-0.1, -0.05) is 59.9 Å². The van der Waals surface area contributed by atoms with Crippen molar-refractivity contribution < 1.29 is 17.9 Å². The van der Waals surface area contributed by atoms with Crippen LogP contribution in [0.1, 0.15) is 12.5 Å². The SMILES string of the molecule is CCOc1ccc2nc(NC(=O)Cn3cc(S(=O)(=O)Cc4ccccc4)c4ccccc43)sc2c1. The van der Waals surface area contributed by atoms with Crippen LogP contribution in [0.25, 0.3) is 21.1 Å². The number of nitrogens with one attached hydrogen (secondary N) is 1. The number of thiazole rings is 1. The molecular formula is C26H23N3O4S2. The van der Waals surface area contributed by atoms with Gasteiger partial charge < -0.3 is 14.6 Å². The largest absolute Gasteiger partial charge is 0.494 e. The summed E-state index contributed by atoms with van der Waals surface area (Å²) in [4.78, 5) is 17.6. The normalized spacial score (nSPS) is 11.7. The van der Waals surface area contributed by atoms with E-state index in [1.807, 2.05) is 55.5 Å². The molecule has 1 amide bonds. The van der Waals surface area contributed by atoms with Crippen LogP contribution in [0.2, 0.25) is 0 Å². The van der Waals surface area contributed by atoms with Gasteiger partial charge in [0.05, 0.1) is 27.5 Å². The maximum Gasteiger partial charge on any atom is 0.246 e. The first kappa shape index (κ1) is 23.1. The van der Waals surface area contributed by atoms with Crippen LogP contribution in [-0.2, 0) is 26.9 Å². The average molecular weight is 506 g/mol. The van der Waals surface area contributed by atoms with E-state index < -0.39 is 9.84 Å². The molecule has 0 unspecified atom stereocenters. The van der Waals surface area contributed by atoms with Crippen molar-refractivity contribution in [1.82, 2.24) is 9.55 Å². The highest BCUT2D eigenvalue weighted by Crippen LogP contribution is 2.30. The van der Waals surface area contributed by atoms with Crippen LogP contribution in [0.3, 0.4) is 0 Å². The first-order valence-corrected chi connectivity index (χ1v) is 13.6. The molecule has 35 heavy (non-hydrogen) atoms. The van der Waals surface area contributed by atoms with Gasteiger partial charge in [0.15, 0.2) is 15.0 Å². The summed E-state index contributed by atoms with van der Waals surface area (Å²) in [5, 5.41) is 3.92. The zero-order valence-electron chi connectivity index (χ0n) is 19.0. The summed E-state index contributed by atoms with van der Waals surface area (Å²) in [6.45, 7) is 2.45. The zero-order chi connectivity index (χ0) is 24.4. The van der Waals surface area contributed by atoms with Crippen LogP contribution in [0.4, 0.5) is 5.13 Å². The Morgan fingerprint density at radius 3 is 2.63 bits per heavy atom. The van der Waals surface area contributed by atoms with Crippen molar-refractivity contribution in [2.45, 2.75) is 24.1 Å². The number of carbonyl (C=O) groups is 1. The second-order valence-corrected chi connectivity index (χ2v) is 11.0. The number of sulfone groups is 1. The van der Waals surface area contributed by atoms with Crippen molar-refractivity contribution in [2.24, 2.45) is 0 Å². The lowest BCUT2D eigenvalue weighted by Gasteiger charge is -2.05. The van der Waals surface area contributed by atoms with E-state index in [1.54, 1.807) is 35.0 Å². The van der Waals surface area contributed by atoms with E-state index in [2.05, 4.69) is 10.3 Å². The van der Waals surface area contributed by atoms with Gasteiger partial charge in [-0.2, -0.15) is 0 Å². The van der Waals surface area contributed by atoms with Crippen molar-refractivity contribution in [3.05, 3.63) is 84.6 Å². The number of nitrogens with zero attached hydrogens (tertiary/aromatic N) is 2. The molecule has 0 aliphatic rings. The van der Waals surface area contributed by atoms with Crippen LogP contribution in [0.5, 0.6) is 5.75 Å². The van der Waals surface area contributed by atoms with Crippen LogP contribution in [0, 0.1) is 0 Å². The number of carbonyl (C=O) groups excluding carboxylic acids is 1. The smallest absolute Gasteiger partial charge is 0.246 e. The van der Waals surface area contributed by atoms with Crippen LogP contribution >= 0.6 is 11.3 Å². The summed E-state index contributed by atoms with van der Waals surface area (Å²) in [7, 11) is -3.61. The quantitative estimate of drug-likeness (QED) is 0.311. The van der Waals surface area contributed by atoms with Crippen LogP contribution < -0.4 is 10.1 Å². The van der Waals surface area contributed by atoms with E-state index in [0.717, 1.165) is 16.0 Å². The Balaban J connectivity index is 1.39. The molecule has 0 bridgehead atoms. The third-order valence-corrected chi connectivity index (χ3v) is 8.16. The third-order valence-electron chi connectivity index (χ3n) is 5.52. The first-order chi connectivity index (χ1) is 16.9. The lowest BCUT2D eigenvalue weighted by Crippen LogP contribution is -2.18. The van der Waals surface area contributed by atoms with E-state index in [1.165, 1.54) is 11.3 Å². The summed E-state index contributed by atoms with van der Waals surface area (Å²) >= 11 is 1.36. The molecule has 5 aromatic rings. The van der Waals surface area contributed by atoms with Gasteiger partial charge in [0.1, 0.15) is 12.3 Å². The number of amides is 1. The van der Waals surface area contributed by atoms with Crippen molar-refractivity contribution in [2.75, 3.05) is 11.9 Å². The minimum atomic E-state index is -3.61. The Labute approximate surface area is 206 Å². The standard InChI is InChI=1S/C26H23N3O4S2/c1-2-33-19-12-13-21-23(14-19)34-26(27-21)28-25(30)16-29-15-24(20-10-6-7-11-22(20)29)35(31,32)17-18-8-4-3-5-9-18/h3-15H,2,16-17H2,1H3,(H,27,28,30). The molecule has 0 spiro atoms. The molecule has 0 aliphatic heterocycles. The highest BCUT2D eigenvalue weighted by atomic mass is 32.2. The van der Waals surface area contributed by atoms with Gasteiger partial charge in [0, 0.05) is 17.1 Å². The number of anilines is 1. The third kappa shape index (κ3) is 4.91. The van der Waals surface area contributed by atoms with Gasteiger partial charge in [0.25, 0.3) is 0 Å². The lowest BCUT2D eigenvalue weighted by molar-refractivity contribution is -0.116. The van der Waals surface area contributed by atoms with Gasteiger partial charge in [-0.05, 0) is 36.8 Å². The summed E-state index contributed by atoms with van der Waals surface area (Å²) in [6.07, 6.45) is 1.55. The van der Waals surface area contributed by atoms with Gasteiger partial charge in [0.2, 0.25) is 5.91 Å². The van der Waals surface area contributed by atoms with Crippen LogP contribution in [0.15, 0.2) is 83.9 Å². The Morgan fingerprint density at radius 2 is 1.83 bits per heavy atom. The summed E-state index contributed by atoms with van der Waals surface area (Å²) in [5.74, 6) is 0.357. The Kier molecular flexibility index (Phi) is 6.27. The van der Waals surface area contributed by atoms with Gasteiger partial charge in [-0.25, -0.2) is 13.4 Å². The predicted molar refractivity (Wildman–Crippen MR) is 139 cm³/mol.